The van der Waals surface area contributed by atoms with Crippen molar-refractivity contribution in [3.63, 3.8) is 0 Å². The Balaban J connectivity index is 1.81. The summed E-state index contributed by atoms with van der Waals surface area (Å²) in [6.45, 7) is 2.17. The molecule has 1 aliphatic carbocycles. The molecular weight excluding hydrogens is 402 g/mol. The van der Waals surface area contributed by atoms with Gasteiger partial charge in [0.05, 0.1) is 0 Å². The van der Waals surface area contributed by atoms with E-state index in [2.05, 4.69) is 6.92 Å². The maximum atomic E-state index is 14.7. The fourth-order valence-corrected chi connectivity index (χ4v) is 4.29. The van der Waals surface area contributed by atoms with E-state index in [1.165, 1.54) is 18.6 Å². The van der Waals surface area contributed by atoms with E-state index >= 15 is 0 Å². The molecule has 0 heterocycles. The fraction of sp³-hybridized carbons (Fsp3) is 0.417. The molecule has 0 aliphatic heterocycles. The van der Waals surface area contributed by atoms with Crippen molar-refractivity contribution in [2.75, 3.05) is 0 Å². The van der Waals surface area contributed by atoms with Crippen LogP contribution in [0.2, 0.25) is 0 Å². The van der Waals surface area contributed by atoms with Crippen molar-refractivity contribution in [3.8, 4) is 11.1 Å². The number of halogens is 6. The molecule has 0 atom stereocenters. The van der Waals surface area contributed by atoms with E-state index in [0.717, 1.165) is 55.7 Å². The number of alkyl halides is 3. The minimum absolute atomic E-state index is 0.0163. The Morgan fingerprint density at radius 1 is 0.900 bits per heavy atom. The maximum Gasteiger partial charge on any atom is 0.409 e. The third-order valence-electron chi connectivity index (χ3n) is 5.84. The van der Waals surface area contributed by atoms with Gasteiger partial charge in [-0.1, -0.05) is 31.9 Å². The quantitative estimate of drug-likeness (QED) is 0.421. The lowest BCUT2D eigenvalue weighted by Gasteiger charge is -2.28. The van der Waals surface area contributed by atoms with Crippen LogP contribution in [0.4, 0.5) is 26.3 Å². The molecule has 0 saturated heterocycles. The zero-order chi connectivity index (χ0) is 21.9. The van der Waals surface area contributed by atoms with Gasteiger partial charge in [0.2, 0.25) is 0 Å². The average Bonchev–Trinajstić information content (AvgIpc) is 2.67. The van der Waals surface area contributed by atoms with Crippen molar-refractivity contribution >= 4 is 6.08 Å². The van der Waals surface area contributed by atoms with E-state index in [4.69, 9.17) is 0 Å². The predicted octanol–water partition coefficient (Wildman–Crippen LogP) is 8.42. The van der Waals surface area contributed by atoms with E-state index in [1.54, 1.807) is 6.07 Å². The first-order valence-electron chi connectivity index (χ1n) is 10.2. The Morgan fingerprint density at radius 3 is 2.07 bits per heavy atom. The molecule has 1 saturated carbocycles. The largest absolute Gasteiger partial charge is 0.409 e. The van der Waals surface area contributed by atoms with Gasteiger partial charge in [0.1, 0.15) is 17.5 Å². The van der Waals surface area contributed by atoms with Crippen LogP contribution in [-0.4, -0.2) is 6.18 Å². The molecule has 3 rings (SSSR count). The normalized spacial score (nSPS) is 20.1. The van der Waals surface area contributed by atoms with Gasteiger partial charge >= 0.3 is 6.18 Å². The molecule has 0 bridgehead atoms. The predicted molar refractivity (Wildman–Crippen MR) is 106 cm³/mol. The summed E-state index contributed by atoms with van der Waals surface area (Å²) in [5.74, 6) is -1.96. The molecule has 0 nitrogen and oxygen atoms in total. The van der Waals surface area contributed by atoms with Crippen LogP contribution in [-0.2, 0) is 0 Å². The minimum Gasteiger partial charge on any atom is -0.206 e. The van der Waals surface area contributed by atoms with Crippen molar-refractivity contribution in [3.05, 3.63) is 65.0 Å². The first-order chi connectivity index (χ1) is 14.2. The summed E-state index contributed by atoms with van der Waals surface area (Å²) in [5, 5.41) is 0. The van der Waals surface area contributed by atoms with Crippen LogP contribution in [0.15, 0.2) is 36.4 Å². The lowest BCUT2D eigenvalue weighted by atomic mass is 9.77. The van der Waals surface area contributed by atoms with Crippen LogP contribution in [0.3, 0.4) is 0 Å². The molecule has 6 heteroatoms. The summed E-state index contributed by atoms with van der Waals surface area (Å²) >= 11 is 0. The van der Waals surface area contributed by atoms with E-state index in [1.807, 2.05) is 0 Å². The Hall–Kier alpha value is -2.24. The summed E-state index contributed by atoms with van der Waals surface area (Å²) in [6.07, 6.45) is 2.01. The average molecular weight is 426 g/mol. The highest BCUT2D eigenvalue weighted by atomic mass is 19.4. The van der Waals surface area contributed by atoms with Crippen molar-refractivity contribution in [2.24, 2.45) is 5.92 Å². The summed E-state index contributed by atoms with van der Waals surface area (Å²) < 4.78 is 79.9. The Kier molecular flexibility index (Phi) is 6.94. The number of hydrogen-bond acceptors (Lipinski definition) is 0. The fourth-order valence-electron chi connectivity index (χ4n) is 4.29. The maximum absolute atomic E-state index is 14.7. The first kappa shape index (κ1) is 22.4. The Morgan fingerprint density at radius 2 is 1.53 bits per heavy atom. The molecule has 0 unspecified atom stereocenters. The minimum atomic E-state index is -4.69. The SMILES string of the molecule is CCC[C@H]1CC[C@H](c2ccc(-c3cc(F)c(/C=C/C(F)(F)F)c(F)c3)c(F)c2)CC1. The topological polar surface area (TPSA) is 0 Å². The van der Waals surface area contributed by atoms with Gasteiger partial charge in [-0.2, -0.15) is 13.2 Å². The Bertz CT molecular complexity index is 881. The van der Waals surface area contributed by atoms with Crippen molar-refractivity contribution in [1.82, 2.24) is 0 Å². The third kappa shape index (κ3) is 5.46. The van der Waals surface area contributed by atoms with Crippen LogP contribution >= 0.6 is 0 Å². The van der Waals surface area contributed by atoms with Gasteiger partial charge in [0, 0.05) is 17.2 Å². The number of allylic oxidation sites excluding steroid dienone is 1. The van der Waals surface area contributed by atoms with Crippen molar-refractivity contribution in [1.29, 1.82) is 0 Å². The van der Waals surface area contributed by atoms with Gasteiger partial charge in [0.25, 0.3) is 0 Å². The zero-order valence-electron chi connectivity index (χ0n) is 16.7. The van der Waals surface area contributed by atoms with Gasteiger partial charge in [-0.05, 0) is 72.9 Å². The summed E-state index contributed by atoms with van der Waals surface area (Å²) in [5.41, 5.74) is 0.0289. The standard InChI is InChI=1S/C24H24F6/c1-2-3-15-4-6-16(7-5-15)17-8-9-19(21(25)12-17)18-13-22(26)20(23(27)14-18)10-11-24(28,29)30/h8-16H,2-7H2,1H3/b11-10+/t15-,16-. The molecule has 0 amide bonds. The van der Waals surface area contributed by atoms with Crippen LogP contribution in [0, 0.1) is 23.4 Å². The van der Waals surface area contributed by atoms with Gasteiger partial charge in [-0.25, -0.2) is 13.2 Å². The monoisotopic (exact) mass is 426 g/mol. The molecule has 2 aromatic carbocycles. The van der Waals surface area contributed by atoms with Crippen LogP contribution in [0.1, 0.15) is 62.5 Å². The molecule has 1 aliphatic rings. The second-order valence-corrected chi connectivity index (χ2v) is 7.97. The molecule has 0 spiro atoms. The molecule has 0 radical (unpaired) electrons. The number of hydrogen-bond donors (Lipinski definition) is 0. The van der Waals surface area contributed by atoms with Crippen LogP contribution in [0.5, 0.6) is 0 Å². The van der Waals surface area contributed by atoms with E-state index < -0.39 is 29.2 Å². The second kappa shape index (κ2) is 9.27. The highest BCUT2D eigenvalue weighted by Gasteiger charge is 2.24. The van der Waals surface area contributed by atoms with Gasteiger partial charge < -0.3 is 0 Å². The summed E-state index contributed by atoms with van der Waals surface area (Å²) in [4.78, 5) is 0. The van der Waals surface area contributed by atoms with Crippen molar-refractivity contribution in [2.45, 2.75) is 57.5 Å². The smallest absolute Gasteiger partial charge is 0.206 e. The van der Waals surface area contributed by atoms with Gasteiger partial charge in [-0.15, -0.1) is 0 Å². The molecule has 30 heavy (non-hydrogen) atoms. The van der Waals surface area contributed by atoms with Gasteiger partial charge in [0.15, 0.2) is 0 Å². The first-order valence-corrected chi connectivity index (χ1v) is 10.2. The molecule has 2 aromatic rings. The van der Waals surface area contributed by atoms with Crippen LogP contribution < -0.4 is 0 Å². The highest BCUT2D eigenvalue weighted by Crippen LogP contribution is 2.39. The van der Waals surface area contributed by atoms with E-state index in [-0.39, 0.29) is 23.1 Å². The van der Waals surface area contributed by atoms with E-state index in [0.29, 0.717) is 6.08 Å². The summed E-state index contributed by atoms with van der Waals surface area (Å²) in [7, 11) is 0. The van der Waals surface area contributed by atoms with E-state index in [9.17, 15) is 26.3 Å². The van der Waals surface area contributed by atoms with Gasteiger partial charge in [-0.3, -0.25) is 0 Å². The molecule has 1 fully saturated rings. The lowest BCUT2D eigenvalue weighted by Crippen LogP contribution is -2.13. The second-order valence-electron chi connectivity index (χ2n) is 7.97. The number of benzene rings is 2. The third-order valence-corrected chi connectivity index (χ3v) is 5.84. The van der Waals surface area contributed by atoms with Crippen LogP contribution in [0.25, 0.3) is 17.2 Å². The summed E-state index contributed by atoms with van der Waals surface area (Å²) in [6, 6.07) is 6.38. The molecule has 162 valence electrons. The lowest BCUT2D eigenvalue weighted by molar-refractivity contribution is -0.0790. The van der Waals surface area contributed by atoms with Crippen molar-refractivity contribution < 1.29 is 26.3 Å². The highest BCUT2D eigenvalue weighted by molar-refractivity contribution is 5.67. The Labute approximate surface area is 172 Å². The molecule has 0 N–H and O–H groups in total. The number of rotatable bonds is 5. The zero-order valence-corrected chi connectivity index (χ0v) is 16.7. The molecular formula is C24H24F6. The molecule has 0 aromatic heterocycles.